The molecule has 1 heterocycles. The number of halogens is 2. The first kappa shape index (κ1) is 17.4. The van der Waals surface area contributed by atoms with Gasteiger partial charge in [0.2, 0.25) is 0 Å². The minimum Gasteiger partial charge on any atom is -0.466 e. The fraction of sp³-hybridized carbons (Fsp3) is 0.143. The van der Waals surface area contributed by atoms with Crippen molar-refractivity contribution < 1.29 is 18.7 Å². The molecule has 1 aromatic rings. The van der Waals surface area contributed by atoms with Gasteiger partial charge in [0.1, 0.15) is 5.82 Å². The van der Waals surface area contributed by atoms with Crippen LogP contribution in [0.2, 0.25) is 0 Å². The topological polar surface area (TPSA) is 80.1 Å². The molecule has 2 rings (SSSR count). The lowest BCUT2D eigenvalue weighted by Gasteiger charge is -1.99. The molecule has 1 saturated heterocycles. The Labute approximate surface area is 144 Å². The third-order valence-electron chi connectivity index (χ3n) is 2.66. The second-order valence-corrected chi connectivity index (χ2v) is 5.82. The summed E-state index contributed by atoms with van der Waals surface area (Å²) in [6.45, 7) is 0. The Morgan fingerprint density at radius 1 is 1.52 bits per heavy atom. The SMILES string of the molecule is COC(=O)/C=C1/S/C(=N\N=Cc2cc(CBr)ccc2F)NC1=O. The summed E-state index contributed by atoms with van der Waals surface area (Å²) in [5, 5.41) is 10.8. The van der Waals surface area contributed by atoms with E-state index in [1.807, 2.05) is 0 Å². The van der Waals surface area contributed by atoms with E-state index in [0.29, 0.717) is 5.33 Å². The molecule has 0 aliphatic carbocycles. The first-order valence-corrected chi connectivity index (χ1v) is 8.21. The fourth-order valence-corrected chi connectivity index (χ4v) is 2.65. The van der Waals surface area contributed by atoms with Gasteiger partial charge in [0, 0.05) is 17.0 Å². The summed E-state index contributed by atoms with van der Waals surface area (Å²) in [6.07, 6.45) is 2.31. The third-order valence-corrected chi connectivity index (χ3v) is 4.21. The normalized spacial score (nSPS) is 18.0. The standard InChI is InChI=1S/C14H11BrFN3O3S/c1-22-12(20)5-11-13(21)18-14(23-11)19-17-7-9-4-8(6-15)2-3-10(9)16/h2-5,7H,6H2,1H3,(H,18,19,21)/b11-5+,17-7?. The Balaban J connectivity index is 2.11. The van der Waals surface area contributed by atoms with Crippen molar-refractivity contribution in [2.24, 2.45) is 10.2 Å². The van der Waals surface area contributed by atoms with Crippen LogP contribution in [0.5, 0.6) is 0 Å². The maximum atomic E-state index is 13.6. The highest BCUT2D eigenvalue weighted by atomic mass is 79.9. The lowest BCUT2D eigenvalue weighted by atomic mass is 10.1. The minimum atomic E-state index is -0.638. The molecule has 120 valence electrons. The number of ether oxygens (including phenoxy) is 1. The summed E-state index contributed by atoms with van der Waals surface area (Å²) < 4.78 is 18.1. The average molecular weight is 400 g/mol. The molecule has 0 radical (unpaired) electrons. The summed E-state index contributed by atoms with van der Waals surface area (Å²) in [6, 6.07) is 4.63. The largest absolute Gasteiger partial charge is 0.466 e. The molecule has 1 aromatic carbocycles. The van der Waals surface area contributed by atoms with Crippen LogP contribution in [0.25, 0.3) is 0 Å². The maximum absolute atomic E-state index is 13.6. The number of hydrogen-bond donors (Lipinski definition) is 1. The van der Waals surface area contributed by atoms with Gasteiger partial charge in [-0.25, -0.2) is 9.18 Å². The molecule has 0 spiro atoms. The summed E-state index contributed by atoms with van der Waals surface area (Å²) in [5.41, 5.74) is 1.18. The van der Waals surface area contributed by atoms with Crippen LogP contribution in [-0.2, 0) is 19.7 Å². The number of hydrogen-bond acceptors (Lipinski definition) is 6. The van der Waals surface area contributed by atoms with Crippen molar-refractivity contribution in [1.82, 2.24) is 5.32 Å². The van der Waals surface area contributed by atoms with Gasteiger partial charge in [-0.1, -0.05) is 22.0 Å². The molecule has 1 amide bonds. The van der Waals surface area contributed by atoms with E-state index in [1.54, 1.807) is 12.1 Å². The second-order valence-electron chi connectivity index (χ2n) is 4.23. The van der Waals surface area contributed by atoms with Crippen LogP contribution < -0.4 is 5.32 Å². The van der Waals surface area contributed by atoms with Gasteiger partial charge in [0.25, 0.3) is 5.91 Å². The monoisotopic (exact) mass is 399 g/mol. The van der Waals surface area contributed by atoms with E-state index in [9.17, 15) is 14.0 Å². The third kappa shape index (κ3) is 4.73. The van der Waals surface area contributed by atoms with Crippen LogP contribution in [0.1, 0.15) is 11.1 Å². The zero-order valence-electron chi connectivity index (χ0n) is 11.9. The van der Waals surface area contributed by atoms with Crippen molar-refractivity contribution in [2.75, 3.05) is 7.11 Å². The number of thioether (sulfide) groups is 1. The first-order valence-electron chi connectivity index (χ1n) is 6.27. The molecule has 0 unspecified atom stereocenters. The van der Waals surface area contributed by atoms with E-state index in [0.717, 1.165) is 23.4 Å². The summed E-state index contributed by atoms with van der Waals surface area (Å²) in [7, 11) is 1.21. The molecule has 0 aromatic heterocycles. The highest BCUT2D eigenvalue weighted by molar-refractivity contribution is 9.08. The van der Waals surface area contributed by atoms with E-state index < -0.39 is 17.7 Å². The Morgan fingerprint density at radius 3 is 3.00 bits per heavy atom. The van der Waals surface area contributed by atoms with Crippen molar-refractivity contribution >= 4 is 51.0 Å². The van der Waals surface area contributed by atoms with Gasteiger partial charge >= 0.3 is 5.97 Å². The fourth-order valence-electron chi connectivity index (χ4n) is 1.56. The van der Waals surface area contributed by atoms with Crippen molar-refractivity contribution in [3.63, 3.8) is 0 Å². The smallest absolute Gasteiger partial charge is 0.331 e. The summed E-state index contributed by atoms with van der Waals surface area (Å²) in [5.74, 6) is -1.53. The quantitative estimate of drug-likeness (QED) is 0.277. The number of nitrogens with zero attached hydrogens (tertiary/aromatic N) is 2. The molecule has 1 N–H and O–H groups in total. The molecule has 1 fully saturated rings. The Bertz CT molecular complexity index is 734. The number of alkyl halides is 1. The van der Waals surface area contributed by atoms with Crippen LogP contribution in [0, 0.1) is 5.82 Å². The highest BCUT2D eigenvalue weighted by Gasteiger charge is 2.24. The molecule has 6 nitrogen and oxygen atoms in total. The number of carbonyl (C=O) groups excluding carboxylic acids is 2. The zero-order chi connectivity index (χ0) is 16.8. The average Bonchev–Trinajstić information content (AvgIpc) is 2.88. The number of nitrogens with one attached hydrogen (secondary N) is 1. The van der Waals surface area contributed by atoms with Crippen LogP contribution in [0.4, 0.5) is 4.39 Å². The number of carbonyl (C=O) groups is 2. The molecule has 0 atom stereocenters. The molecule has 9 heteroatoms. The number of rotatable bonds is 4. The Hall–Kier alpha value is -2.00. The van der Waals surface area contributed by atoms with Crippen molar-refractivity contribution in [2.45, 2.75) is 5.33 Å². The van der Waals surface area contributed by atoms with Gasteiger partial charge in [0.05, 0.1) is 18.2 Å². The van der Waals surface area contributed by atoms with Crippen molar-refractivity contribution in [3.05, 3.63) is 46.1 Å². The van der Waals surface area contributed by atoms with Crippen molar-refractivity contribution in [3.8, 4) is 0 Å². The molecular formula is C14H11BrFN3O3S. The highest BCUT2D eigenvalue weighted by Crippen LogP contribution is 2.23. The van der Waals surface area contributed by atoms with E-state index in [-0.39, 0.29) is 15.6 Å². The van der Waals surface area contributed by atoms with E-state index in [1.165, 1.54) is 19.4 Å². The lowest BCUT2D eigenvalue weighted by molar-refractivity contribution is -0.135. The first-order chi connectivity index (χ1) is 11.0. The molecule has 1 aliphatic heterocycles. The molecular weight excluding hydrogens is 389 g/mol. The van der Waals surface area contributed by atoms with Gasteiger partial charge in [0.15, 0.2) is 5.17 Å². The summed E-state index contributed by atoms with van der Waals surface area (Å²) >= 11 is 4.23. The predicted molar refractivity (Wildman–Crippen MR) is 89.9 cm³/mol. The van der Waals surface area contributed by atoms with Gasteiger partial charge in [-0.15, -0.1) is 5.10 Å². The van der Waals surface area contributed by atoms with Crippen LogP contribution in [-0.4, -0.2) is 30.4 Å². The van der Waals surface area contributed by atoms with Gasteiger partial charge in [-0.2, -0.15) is 5.10 Å². The molecule has 0 bridgehead atoms. The van der Waals surface area contributed by atoms with Crippen molar-refractivity contribution in [1.29, 1.82) is 0 Å². The lowest BCUT2D eigenvalue weighted by Crippen LogP contribution is -2.19. The minimum absolute atomic E-state index is 0.151. The van der Waals surface area contributed by atoms with Crippen LogP contribution in [0.15, 0.2) is 39.4 Å². The van der Waals surface area contributed by atoms with Crippen LogP contribution >= 0.6 is 27.7 Å². The van der Waals surface area contributed by atoms with Crippen LogP contribution in [0.3, 0.4) is 0 Å². The number of methoxy groups -OCH3 is 1. The molecule has 23 heavy (non-hydrogen) atoms. The van der Waals surface area contributed by atoms with E-state index in [2.05, 4.69) is 36.2 Å². The van der Waals surface area contributed by atoms with Gasteiger partial charge in [-0.3, -0.25) is 10.1 Å². The number of amidine groups is 1. The summed E-state index contributed by atoms with van der Waals surface area (Å²) in [4.78, 5) is 22.9. The van der Waals surface area contributed by atoms with E-state index in [4.69, 9.17) is 0 Å². The molecule has 0 saturated carbocycles. The Kier molecular flexibility index (Phi) is 6.05. The van der Waals surface area contributed by atoms with E-state index >= 15 is 0 Å². The second kappa shape index (κ2) is 8.02. The maximum Gasteiger partial charge on any atom is 0.331 e. The predicted octanol–water partition coefficient (Wildman–Crippen LogP) is 2.33. The van der Waals surface area contributed by atoms with Gasteiger partial charge < -0.3 is 4.74 Å². The Morgan fingerprint density at radius 2 is 2.30 bits per heavy atom. The number of amides is 1. The molecule has 1 aliphatic rings. The van der Waals surface area contributed by atoms with Gasteiger partial charge in [-0.05, 0) is 29.5 Å². The number of esters is 1. The zero-order valence-corrected chi connectivity index (χ0v) is 14.3. The number of benzene rings is 1.